The lowest BCUT2D eigenvalue weighted by molar-refractivity contribution is -0.121. The molecule has 0 atom stereocenters. The highest BCUT2D eigenvalue weighted by molar-refractivity contribution is 6.30. The van der Waals surface area contributed by atoms with E-state index in [1.54, 1.807) is 4.90 Å². The average Bonchev–Trinajstić information content (AvgIpc) is 2.42. The van der Waals surface area contributed by atoms with Crippen molar-refractivity contribution in [3.63, 3.8) is 0 Å². The second-order valence-corrected chi connectivity index (χ2v) is 4.80. The van der Waals surface area contributed by atoms with Crippen molar-refractivity contribution in [3.8, 4) is 5.75 Å². The molecule has 0 spiro atoms. The fourth-order valence-electron chi connectivity index (χ4n) is 2.15. The maximum atomic E-state index is 12.0. The van der Waals surface area contributed by atoms with Gasteiger partial charge < -0.3 is 9.64 Å². The SMILES string of the molecule is O=C1COc2ccccc2N1Cc1cccc(Cl)c1. The van der Waals surface area contributed by atoms with Crippen LogP contribution in [0.1, 0.15) is 5.56 Å². The zero-order chi connectivity index (χ0) is 13.2. The summed E-state index contributed by atoms with van der Waals surface area (Å²) in [6, 6.07) is 15.1. The molecule has 3 rings (SSSR count). The summed E-state index contributed by atoms with van der Waals surface area (Å²) in [7, 11) is 0. The van der Waals surface area contributed by atoms with E-state index < -0.39 is 0 Å². The van der Waals surface area contributed by atoms with Gasteiger partial charge in [0.15, 0.2) is 6.61 Å². The molecule has 2 aromatic carbocycles. The number of hydrogen-bond acceptors (Lipinski definition) is 2. The van der Waals surface area contributed by atoms with Gasteiger partial charge in [-0.25, -0.2) is 0 Å². The molecule has 0 N–H and O–H groups in total. The molecule has 3 nitrogen and oxygen atoms in total. The van der Waals surface area contributed by atoms with Crippen molar-refractivity contribution in [1.82, 2.24) is 0 Å². The Bertz CT molecular complexity index is 627. The fourth-order valence-corrected chi connectivity index (χ4v) is 2.36. The predicted octanol–water partition coefficient (Wildman–Crippen LogP) is 3.27. The third-order valence-corrected chi connectivity index (χ3v) is 3.27. The molecule has 2 aromatic rings. The third-order valence-electron chi connectivity index (χ3n) is 3.04. The quantitative estimate of drug-likeness (QED) is 0.840. The van der Waals surface area contributed by atoms with Crippen LogP contribution >= 0.6 is 11.6 Å². The molecule has 4 heteroatoms. The Balaban J connectivity index is 1.94. The van der Waals surface area contributed by atoms with Crippen LogP contribution in [0.3, 0.4) is 0 Å². The van der Waals surface area contributed by atoms with Gasteiger partial charge in [0.05, 0.1) is 12.2 Å². The number of ether oxygens (including phenoxy) is 1. The largest absolute Gasteiger partial charge is 0.482 e. The van der Waals surface area contributed by atoms with Crippen LogP contribution in [0, 0.1) is 0 Å². The number of halogens is 1. The topological polar surface area (TPSA) is 29.5 Å². The first-order valence-electron chi connectivity index (χ1n) is 6.01. The van der Waals surface area contributed by atoms with E-state index in [0.29, 0.717) is 11.6 Å². The summed E-state index contributed by atoms with van der Waals surface area (Å²) in [5.74, 6) is 0.697. The number of amides is 1. The first-order valence-corrected chi connectivity index (χ1v) is 6.38. The monoisotopic (exact) mass is 273 g/mol. The second-order valence-electron chi connectivity index (χ2n) is 4.37. The number of benzene rings is 2. The zero-order valence-electron chi connectivity index (χ0n) is 10.2. The number of carbonyl (C=O) groups excluding carboxylic acids is 1. The third kappa shape index (κ3) is 2.42. The van der Waals surface area contributed by atoms with E-state index >= 15 is 0 Å². The standard InChI is InChI=1S/C15H12ClNO2/c16-12-5-3-4-11(8-12)9-17-13-6-1-2-7-14(13)19-10-15(17)18/h1-8H,9-10H2. The molecule has 0 saturated heterocycles. The molecule has 0 aliphatic carbocycles. The summed E-state index contributed by atoms with van der Waals surface area (Å²) in [4.78, 5) is 13.7. The summed E-state index contributed by atoms with van der Waals surface area (Å²) in [6.07, 6.45) is 0. The minimum Gasteiger partial charge on any atom is -0.482 e. The first-order chi connectivity index (χ1) is 9.24. The zero-order valence-corrected chi connectivity index (χ0v) is 10.9. The van der Waals surface area contributed by atoms with Gasteiger partial charge in [-0.05, 0) is 29.8 Å². The van der Waals surface area contributed by atoms with Crippen LogP contribution in [0.25, 0.3) is 0 Å². The Kier molecular flexibility index (Phi) is 3.13. The Labute approximate surface area is 116 Å². The van der Waals surface area contributed by atoms with E-state index in [2.05, 4.69) is 0 Å². The molecule has 1 heterocycles. The Morgan fingerprint density at radius 3 is 2.84 bits per heavy atom. The molecule has 1 amide bonds. The lowest BCUT2D eigenvalue weighted by atomic mass is 10.1. The van der Waals surface area contributed by atoms with E-state index in [-0.39, 0.29) is 12.5 Å². The molecule has 96 valence electrons. The van der Waals surface area contributed by atoms with Gasteiger partial charge in [-0.2, -0.15) is 0 Å². The predicted molar refractivity (Wildman–Crippen MR) is 74.6 cm³/mol. The molecule has 1 aliphatic heterocycles. The van der Waals surface area contributed by atoms with Crippen molar-refractivity contribution < 1.29 is 9.53 Å². The van der Waals surface area contributed by atoms with Gasteiger partial charge in [-0.3, -0.25) is 4.79 Å². The highest BCUT2D eigenvalue weighted by Crippen LogP contribution is 2.32. The molecule has 0 bridgehead atoms. The highest BCUT2D eigenvalue weighted by atomic mass is 35.5. The van der Waals surface area contributed by atoms with Crippen molar-refractivity contribution in [2.24, 2.45) is 0 Å². The number of nitrogens with zero attached hydrogens (tertiary/aromatic N) is 1. The Morgan fingerprint density at radius 2 is 2.00 bits per heavy atom. The van der Waals surface area contributed by atoms with Crippen LogP contribution in [0.4, 0.5) is 5.69 Å². The molecule has 0 radical (unpaired) electrons. The Hall–Kier alpha value is -2.00. The van der Waals surface area contributed by atoms with Crippen LogP contribution in [-0.4, -0.2) is 12.5 Å². The van der Waals surface area contributed by atoms with Gasteiger partial charge in [0.25, 0.3) is 5.91 Å². The molecule has 0 aromatic heterocycles. The van der Waals surface area contributed by atoms with E-state index in [9.17, 15) is 4.79 Å². The maximum absolute atomic E-state index is 12.0. The van der Waals surface area contributed by atoms with Crippen LogP contribution < -0.4 is 9.64 Å². The van der Waals surface area contributed by atoms with Crippen LogP contribution in [0.15, 0.2) is 48.5 Å². The Morgan fingerprint density at radius 1 is 1.16 bits per heavy atom. The minimum absolute atomic E-state index is 0.0429. The number of rotatable bonds is 2. The maximum Gasteiger partial charge on any atom is 0.265 e. The van der Waals surface area contributed by atoms with Crippen molar-refractivity contribution >= 4 is 23.2 Å². The lowest BCUT2D eigenvalue weighted by Gasteiger charge is -2.29. The summed E-state index contributed by atoms with van der Waals surface area (Å²) in [6.45, 7) is 0.581. The smallest absolute Gasteiger partial charge is 0.265 e. The van der Waals surface area contributed by atoms with E-state index in [0.717, 1.165) is 17.0 Å². The lowest BCUT2D eigenvalue weighted by Crippen LogP contribution is -2.38. The molecular formula is C15H12ClNO2. The van der Waals surface area contributed by atoms with Crippen molar-refractivity contribution in [2.75, 3.05) is 11.5 Å². The highest BCUT2D eigenvalue weighted by Gasteiger charge is 2.24. The van der Waals surface area contributed by atoms with Crippen molar-refractivity contribution in [1.29, 1.82) is 0 Å². The molecule has 0 unspecified atom stereocenters. The normalized spacial score (nSPS) is 13.9. The van der Waals surface area contributed by atoms with Crippen molar-refractivity contribution in [3.05, 3.63) is 59.1 Å². The number of carbonyl (C=O) groups is 1. The van der Waals surface area contributed by atoms with Gasteiger partial charge in [0, 0.05) is 5.02 Å². The van der Waals surface area contributed by atoms with Gasteiger partial charge in [-0.15, -0.1) is 0 Å². The minimum atomic E-state index is -0.0429. The van der Waals surface area contributed by atoms with Crippen LogP contribution in [-0.2, 0) is 11.3 Å². The van der Waals surface area contributed by atoms with E-state index in [4.69, 9.17) is 16.3 Å². The van der Waals surface area contributed by atoms with Gasteiger partial charge in [-0.1, -0.05) is 35.9 Å². The van der Waals surface area contributed by atoms with Crippen LogP contribution in [0.5, 0.6) is 5.75 Å². The molecule has 0 saturated carbocycles. The number of para-hydroxylation sites is 2. The van der Waals surface area contributed by atoms with Gasteiger partial charge >= 0.3 is 0 Å². The number of hydrogen-bond donors (Lipinski definition) is 0. The van der Waals surface area contributed by atoms with Gasteiger partial charge in [0.2, 0.25) is 0 Å². The van der Waals surface area contributed by atoms with E-state index in [1.807, 2.05) is 48.5 Å². The summed E-state index contributed by atoms with van der Waals surface area (Å²) >= 11 is 5.97. The number of anilines is 1. The molecule has 0 fully saturated rings. The summed E-state index contributed by atoms with van der Waals surface area (Å²) in [5.41, 5.74) is 1.80. The summed E-state index contributed by atoms with van der Waals surface area (Å²) in [5, 5.41) is 0.673. The van der Waals surface area contributed by atoms with E-state index in [1.165, 1.54) is 0 Å². The fraction of sp³-hybridized carbons (Fsp3) is 0.133. The van der Waals surface area contributed by atoms with Crippen molar-refractivity contribution in [2.45, 2.75) is 6.54 Å². The second kappa shape index (κ2) is 4.94. The van der Waals surface area contributed by atoms with Gasteiger partial charge in [0.1, 0.15) is 5.75 Å². The average molecular weight is 274 g/mol. The summed E-state index contributed by atoms with van der Waals surface area (Å²) < 4.78 is 5.41. The molecule has 19 heavy (non-hydrogen) atoms. The number of fused-ring (bicyclic) bond motifs is 1. The van der Waals surface area contributed by atoms with Crippen LogP contribution in [0.2, 0.25) is 5.02 Å². The molecule has 1 aliphatic rings. The first kappa shape index (κ1) is 12.1. The molecular weight excluding hydrogens is 262 g/mol.